The number of hydrogen-bond donors (Lipinski definition) is 5. The quantitative estimate of drug-likeness (QED) is 0.456. The van der Waals surface area contributed by atoms with Crippen LogP contribution in [0.2, 0.25) is 0 Å². The minimum absolute atomic E-state index is 0.381. The number of amides is 3. The van der Waals surface area contributed by atoms with Crippen LogP contribution in [-0.2, 0) is 9.59 Å². The van der Waals surface area contributed by atoms with Gasteiger partial charge in [0.1, 0.15) is 11.9 Å². The first-order valence-electron chi connectivity index (χ1n) is 6.01. The zero-order valence-electron chi connectivity index (χ0n) is 10.9. The number of hydrogen-bond acceptors (Lipinski definition) is 4. The molecule has 3 amide bonds. The normalized spacial score (nSPS) is 13.2. The fourth-order valence-corrected chi connectivity index (χ4v) is 1.59. The van der Waals surface area contributed by atoms with Gasteiger partial charge in [0.25, 0.3) is 0 Å². The molecular formula is C11H17N5O4. The van der Waals surface area contributed by atoms with Crippen molar-refractivity contribution < 1.29 is 19.5 Å². The number of imidazole rings is 1. The molecule has 0 saturated carbocycles. The highest BCUT2D eigenvalue weighted by Gasteiger charge is 2.23. The van der Waals surface area contributed by atoms with Gasteiger partial charge in [-0.05, 0) is 6.42 Å². The molecule has 0 spiro atoms. The lowest BCUT2D eigenvalue weighted by atomic mass is 10.2. The van der Waals surface area contributed by atoms with Crippen molar-refractivity contribution in [3.63, 3.8) is 0 Å². The summed E-state index contributed by atoms with van der Waals surface area (Å²) in [5.41, 5.74) is 4.92. The fourth-order valence-electron chi connectivity index (χ4n) is 1.59. The third-order valence-electron chi connectivity index (χ3n) is 2.57. The summed E-state index contributed by atoms with van der Waals surface area (Å²) >= 11 is 0. The van der Waals surface area contributed by atoms with Gasteiger partial charge in [0.05, 0.1) is 12.5 Å². The van der Waals surface area contributed by atoms with Gasteiger partial charge < -0.3 is 26.5 Å². The Kier molecular flexibility index (Phi) is 5.51. The Morgan fingerprint density at radius 1 is 1.45 bits per heavy atom. The van der Waals surface area contributed by atoms with Gasteiger partial charge in [-0.15, -0.1) is 0 Å². The van der Waals surface area contributed by atoms with E-state index >= 15 is 0 Å². The second kappa shape index (κ2) is 7.12. The van der Waals surface area contributed by atoms with E-state index in [4.69, 9.17) is 10.8 Å². The number of urea groups is 1. The van der Waals surface area contributed by atoms with Crippen LogP contribution in [0.25, 0.3) is 0 Å². The van der Waals surface area contributed by atoms with E-state index in [1.54, 1.807) is 12.4 Å². The number of aromatic nitrogens is 2. The van der Waals surface area contributed by atoms with E-state index in [1.807, 2.05) is 6.92 Å². The Bertz CT molecular complexity index is 473. The number of rotatable bonds is 7. The van der Waals surface area contributed by atoms with Crippen LogP contribution in [0.3, 0.4) is 0 Å². The standard InChI is InChI=1S/C11H17N5O4/c1-2-6(9-13-3-4-14-9)15-11(20)16-7(10(18)19)5-8(12)17/h3-4,6-7H,2,5H2,1H3,(H2,12,17)(H,13,14)(H,18,19)(H2,15,16,20)/t6?,7-/m1/s1. The SMILES string of the molecule is CCC(NC(=O)N[C@H](CC(N)=O)C(=O)O)c1ncc[nH]1. The summed E-state index contributed by atoms with van der Waals surface area (Å²) in [5, 5.41) is 13.6. The maximum atomic E-state index is 11.7. The van der Waals surface area contributed by atoms with Gasteiger partial charge >= 0.3 is 12.0 Å². The average Bonchev–Trinajstić information content (AvgIpc) is 2.88. The van der Waals surface area contributed by atoms with Gasteiger partial charge in [0, 0.05) is 12.4 Å². The lowest BCUT2D eigenvalue weighted by Gasteiger charge is -2.18. The number of H-pyrrole nitrogens is 1. The number of carboxylic acids is 1. The third kappa shape index (κ3) is 4.59. The van der Waals surface area contributed by atoms with Crippen LogP contribution in [0.15, 0.2) is 12.4 Å². The second-order valence-corrected chi connectivity index (χ2v) is 4.11. The van der Waals surface area contributed by atoms with Gasteiger partial charge in [0.2, 0.25) is 5.91 Å². The smallest absolute Gasteiger partial charge is 0.326 e. The van der Waals surface area contributed by atoms with E-state index in [9.17, 15) is 14.4 Å². The number of nitrogens with one attached hydrogen (secondary N) is 3. The predicted molar refractivity (Wildman–Crippen MR) is 68.5 cm³/mol. The molecule has 9 heteroatoms. The van der Waals surface area contributed by atoms with Crippen molar-refractivity contribution in [2.75, 3.05) is 0 Å². The Morgan fingerprint density at radius 2 is 2.15 bits per heavy atom. The molecule has 0 radical (unpaired) electrons. The average molecular weight is 283 g/mol. The summed E-state index contributed by atoms with van der Waals surface area (Å²) in [6.45, 7) is 1.84. The van der Waals surface area contributed by atoms with Crippen LogP contribution < -0.4 is 16.4 Å². The van der Waals surface area contributed by atoms with Crippen LogP contribution >= 0.6 is 0 Å². The predicted octanol–water partition coefficient (Wildman–Crippen LogP) is -0.511. The Hall–Kier alpha value is -2.58. The molecule has 6 N–H and O–H groups in total. The highest BCUT2D eigenvalue weighted by Crippen LogP contribution is 2.10. The summed E-state index contributed by atoms with van der Waals surface area (Å²) in [7, 11) is 0. The lowest BCUT2D eigenvalue weighted by molar-refractivity contribution is -0.140. The van der Waals surface area contributed by atoms with Crippen LogP contribution in [0.1, 0.15) is 31.6 Å². The van der Waals surface area contributed by atoms with E-state index in [0.717, 1.165) is 0 Å². The highest BCUT2D eigenvalue weighted by atomic mass is 16.4. The summed E-state index contributed by atoms with van der Waals surface area (Å²) in [4.78, 5) is 40.2. The van der Waals surface area contributed by atoms with Crippen LogP contribution in [-0.4, -0.2) is 39.0 Å². The van der Waals surface area contributed by atoms with Crippen molar-refractivity contribution >= 4 is 17.9 Å². The second-order valence-electron chi connectivity index (χ2n) is 4.11. The van der Waals surface area contributed by atoms with Crippen molar-refractivity contribution in [2.45, 2.75) is 31.8 Å². The number of nitrogens with zero attached hydrogens (tertiary/aromatic N) is 1. The summed E-state index contributed by atoms with van der Waals surface area (Å²) < 4.78 is 0. The number of aromatic amines is 1. The van der Waals surface area contributed by atoms with E-state index < -0.39 is 30.4 Å². The number of carbonyl (C=O) groups excluding carboxylic acids is 2. The molecule has 0 aliphatic rings. The summed E-state index contributed by atoms with van der Waals surface area (Å²) in [6.07, 6.45) is 3.25. The number of primary amides is 1. The van der Waals surface area contributed by atoms with Crippen LogP contribution in [0.4, 0.5) is 4.79 Å². The molecule has 1 aromatic heterocycles. The van der Waals surface area contributed by atoms with Gasteiger partial charge in [-0.25, -0.2) is 14.6 Å². The molecule has 20 heavy (non-hydrogen) atoms. The van der Waals surface area contributed by atoms with Crippen molar-refractivity contribution in [2.24, 2.45) is 5.73 Å². The molecule has 1 unspecified atom stereocenters. The van der Waals surface area contributed by atoms with E-state index in [2.05, 4.69) is 20.6 Å². The number of aliphatic carboxylic acids is 1. The molecule has 2 atom stereocenters. The summed E-state index contributed by atoms with van der Waals surface area (Å²) in [5.74, 6) is -1.58. The fraction of sp³-hybridized carbons (Fsp3) is 0.455. The van der Waals surface area contributed by atoms with Crippen molar-refractivity contribution in [3.8, 4) is 0 Å². The molecule has 0 aromatic carbocycles. The zero-order chi connectivity index (χ0) is 15.1. The molecule has 0 saturated heterocycles. The minimum atomic E-state index is -1.36. The zero-order valence-corrected chi connectivity index (χ0v) is 10.9. The Balaban J connectivity index is 2.60. The molecule has 0 bridgehead atoms. The maximum absolute atomic E-state index is 11.7. The first-order chi connectivity index (χ1) is 9.43. The molecule has 0 aliphatic carbocycles. The molecule has 1 heterocycles. The largest absolute Gasteiger partial charge is 0.480 e. The van der Waals surface area contributed by atoms with Gasteiger partial charge in [-0.2, -0.15) is 0 Å². The minimum Gasteiger partial charge on any atom is -0.480 e. The van der Waals surface area contributed by atoms with Crippen LogP contribution in [0, 0.1) is 0 Å². The molecule has 0 aliphatic heterocycles. The molecule has 0 fully saturated rings. The maximum Gasteiger partial charge on any atom is 0.326 e. The van der Waals surface area contributed by atoms with E-state index in [0.29, 0.717) is 12.2 Å². The number of carboxylic acid groups (broad SMARTS) is 1. The number of nitrogens with two attached hydrogens (primary N) is 1. The first-order valence-corrected chi connectivity index (χ1v) is 6.01. The molecular weight excluding hydrogens is 266 g/mol. The molecule has 9 nitrogen and oxygen atoms in total. The molecule has 1 rings (SSSR count). The number of carbonyl (C=O) groups is 3. The van der Waals surface area contributed by atoms with Crippen molar-refractivity contribution in [1.82, 2.24) is 20.6 Å². The van der Waals surface area contributed by atoms with E-state index in [1.165, 1.54) is 0 Å². The first kappa shape index (κ1) is 15.5. The topological polar surface area (TPSA) is 150 Å². The van der Waals surface area contributed by atoms with Gasteiger partial charge in [-0.3, -0.25) is 4.79 Å². The lowest BCUT2D eigenvalue weighted by Crippen LogP contribution is -2.48. The van der Waals surface area contributed by atoms with Gasteiger partial charge in [-0.1, -0.05) is 6.92 Å². The highest BCUT2D eigenvalue weighted by molar-refractivity contribution is 5.87. The Labute approximate surface area is 114 Å². The monoisotopic (exact) mass is 283 g/mol. The Morgan fingerprint density at radius 3 is 2.60 bits per heavy atom. The molecule has 110 valence electrons. The van der Waals surface area contributed by atoms with Crippen LogP contribution in [0.5, 0.6) is 0 Å². The third-order valence-corrected chi connectivity index (χ3v) is 2.57. The molecule has 1 aromatic rings. The van der Waals surface area contributed by atoms with E-state index in [-0.39, 0.29) is 6.04 Å². The van der Waals surface area contributed by atoms with Crippen molar-refractivity contribution in [1.29, 1.82) is 0 Å². The summed E-state index contributed by atoms with van der Waals surface area (Å²) in [6, 6.07) is -2.45. The van der Waals surface area contributed by atoms with Crippen molar-refractivity contribution in [3.05, 3.63) is 18.2 Å². The van der Waals surface area contributed by atoms with Gasteiger partial charge in [0.15, 0.2) is 0 Å².